The molecule has 0 saturated heterocycles. The van der Waals surface area contributed by atoms with Crippen LogP contribution in [-0.4, -0.2) is 49.3 Å². The number of carbonyl (C=O) groups is 2. The van der Waals surface area contributed by atoms with Gasteiger partial charge in [-0.2, -0.15) is 0 Å². The van der Waals surface area contributed by atoms with Gasteiger partial charge in [-0.1, -0.05) is 364 Å². The molecule has 3 N–H and O–H groups in total. The van der Waals surface area contributed by atoms with Crippen molar-refractivity contribution in [3.8, 4) is 0 Å². The van der Waals surface area contributed by atoms with E-state index < -0.39 is 26.5 Å². The lowest BCUT2D eigenvalue weighted by Crippen LogP contribution is -2.29. The molecule has 0 amide bonds. The summed E-state index contributed by atoms with van der Waals surface area (Å²) in [7, 11) is -4.42. The first-order valence-corrected chi connectivity index (χ1v) is 41.5. The van der Waals surface area contributed by atoms with Crippen LogP contribution in [0.4, 0.5) is 0 Å². The molecule has 0 aliphatic rings. The zero-order valence-electron chi connectivity index (χ0n) is 62.5. The number of unbranched alkanes of at least 4 members (excludes halogenated alkanes) is 35. The number of carbonyl (C=O) groups excluding carboxylic acids is 2. The zero-order chi connectivity index (χ0) is 70.0. The van der Waals surface area contributed by atoms with Crippen molar-refractivity contribution in [2.24, 2.45) is 5.73 Å². The molecular formula is C87H148NO8P. The maximum absolute atomic E-state index is 12.8. The van der Waals surface area contributed by atoms with Gasteiger partial charge in [0.2, 0.25) is 0 Å². The van der Waals surface area contributed by atoms with Gasteiger partial charge in [-0.3, -0.25) is 18.6 Å². The Morgan fingerprint density at radius 1 is 0.320 bits per heavy atom. The largest absolute Gasteiger partial charge is 0.472 e. The van der Waals surface area contributed by atoms with Gasteiger partial charge in [0.05, 0.1) is 13.2 Å². The Kier molecular flexibility index (Phi) is 77.0. The minimum atomic E-state index is -4.42. The molecule has 10 heteroatoms. The summed E-state index contributed by atoms with van der Waals surface area (Å²) in [5, 5.41) is 0. The van der Waals surface area contributed by atoms with Crippen molar-refractivity contribution in [3.05, 3.63) is 158 Å². The van der Waals surface area contributed by atoms with E-state index in [9.17, 15) is 19.0 Å². The number of phosphoric ester groups is 1. The molecule has 97 heavy (non-hydrogen) atoms. The van der Waals surface area contributed by atoms with Crippen LogP contribution in [-0.2, 0) is 32.7 Å². The highest BCUT2D eigenvalue weighted by Crippen LogP contribution is 2.43. The van der Waals surface area contributed by atoms with Crippen LogP contribution in [0.1, 0.15) is 348 Å². The third-order valence-electron chi connectivity index (χ3n) is 16.9. The van der Waals surface area contributed by atoms with Crippen molar-refractivity contribution >= 4 is 19.8 Å². The summed E-state index contributed by atoms with van der Waals surface area (Å²) in [6.45, 7) is 3.60. The van der Waals surface area contributed by atoms with E-state index in [0.29, 0.717) is 6.42 Å². The fourth-order valence-corrected chi connectivity index (χ4v) is 11.8. The highest BCUT2D eigenvalue weighted by Gasteiger charge is 2.26. The summed E-state index contributed by atoms with van der Waals surface area (Å²) in [4.78, 5) is 35.4. The second-order valence-corrected chi connectivity index (χ2v) is 27.7. The molecular weight excluding hydrogens is 1220 g/mol. The summed E-state index contributed by atoms with van der Waals surface area (Å²) >= 11 is 0. The average molecular weight is 1370 g/mol. The van der Waals surface area contributed by atoms with Crippen LogP contribution in [0, 0.1) is 0 Å². The van der Waals surface area contributed by atoms with Crippen LogP contribution in [0.5, 0.6) is 0 Å². The molecule has 0 aromatic rings. The average Bonchev–Trinajstić information content (AvgIpc) is 2.17. The van der Waals surface area contributed by atoms with Crippen molar-refractivity contribution in [1.82, 2.24) is 0 Å². The number of hydrogen-bond donors (Lipinski definition) is 2. The molecule has 9 nitrogen and oxygen atoms in total. The molecule has 2 unspecified atom stereocenters. The van der Waals surface area contributed by atoms with Gasteiger partial charge in [-0.25, -0.2) is 4.57 Å². The van der Waals surface area contributed by atoms with Crippen LogP contribution >= 0.6 is 7.82 Å². The third-order valence-corrected chi connectivity index (χ3v) is 17.9. The summed E-state index contributed by atoms with van der Waals surface area (Å²) < 4.78 is 33.2. The van der Waals surface area contributed by atoms with E-state index in [1.54, 1.807) is 0 Å². The molecule has 0 bridgehead atoms. The van der Waals surface area contributed by atoms with E-state index in [4.69, 9.17) is 24.3 Å². The Bertz CT molecular complexity index is 2160. The quantitative estimate of drug-likeness (QED) is 0.0264. The van der Waals surface area contributed by atoms with Crippen molar-refractivity contribution < 1.29 is 37.6 Å². The van der Waals surface area contributed by atoms with Gasteiger partial charge >= 0.3 is 19.8 Å². The van der Waals surface area contributed by atoms with E-state index in [2.05, 4.69) is 172 Å². The fourth-order valence-electron chi connectivity index (χ4n) is 11.0. The van der Waals surface area contributed by atoms with Crippen molar-refractivity contribution in [2.75, 3.05) is 26.4 Å². The second-order valence-electron chi connectivity index (χ2n) is 26.2. The first kappa shape index (κ1) is 92.6. The highest BCUT2D eigenvalue weighted by molar-refractivity contribution is 7.47. The van der Waals surface area contributed by atoms with Crippen molar-refractivity contribution in [2.45, 2.75) is 354 Å². The van der Waals surface area contributed by atoms with E-state index in [0.717, 1.165) is 116 Å². The molecule has 2 atom stereocenters. The Morgan fingerprint density at radius 2 is 0.567 bits per heavy atom. The highest BCUT2D eigenvalue weighted by atomic mass is 31.2. The van der Waals surface area contributed by atoms with E-state index in [-0.39, 0.29) is 38.6 Å². The van der Waals surface area contributed by atoms with E-state index in [1.807, 2.05) is 0 Å². The first-order valence-electron chi connectivity index (χ1n) is 40.0. The summed E-state index contributed by atoms with van der Waals surface area (Å²) in [5.41, 5.74) is 5.41. The summed E-state index contributed by atoms with van der Waals surface area (Å²) in [5.74, 6) is -0.864. The first-order chi connectivity index (χ1) is 47.8. The van der Waals surface area contributed by atoms with Gasteiger partial charge < -0.3 is 20.1 Å². The molecule has 0 aliphatic heterocycles. The topological polar surface area (TPSA) is 134 Å². The minimum Gasteiger partial charge on any atom is -0.462 e. The fraction of sp³-hybridized carbons (Fsp3) is 0.678. The van der Waals surface area contributed by atoms with Crippen LogP contribution in [0.15, 0.2) is 158 Å². The standard InChI is InChI=1S/C87H148NO8P/c1-3-5-7-9-11-13-15-17-19-21-23-25-27-29-31-33-35-37-39-41-42-44-45-47-49-51-53-55-57-59-61-63-65-67-69-71-73-75-77-79-86(89)93-83-85(84-95-97(91,92)94-82-81-88)96-87(90)80-78-76-74-72-70-68-66-64-62-60-58-56-54-52-50-48-46-43-40-38-36-34-32-30-28-26-24-22-20-18-16-14-12-10-8-6-4-2/h6,8,12,14-15,17-18,20-21,23-24,26,30,32,36,38,43,46,50,52,56,58,62,64,68,70,85H,3-5,7,9-11,13,16,19,22,25,27-29,31,33-35,37,39-42,44-45,47-49,51,53-55,57,59-61,63,65-67,69,71-84,88H2,1-2H3,(H,91,92)/b8-6-,14-12-,17-15-,20-18-,23-21-,26-24-,32-30-,38-36-,46-43-,52-50-,58-56-,64-62-,70-68-. The van der Waals surface area contributed by atoms with Crippen molar-refractivity contribution in [1.29, 1.82) is 0 Å². The molecule has 0 saturated carbocycles. The molecule has 554 valence electrons. The van der Waals surface area contributed by atoms with Gasteiger partial charge in [-0.05, 0) is 128 Å². The number of ether oxygens (including phenoxy) is 2. The number of phosphoric acid groups is 1. The Labute approximate surface area is 598 Å². The number of hydrogen-bond acceptors (Lipinski definition) is 8. The van der Waals surface area contributed by atoms with Gasteiger partial charge in [-0.15, -0.1) is 0 Å². The maximum atomic E-state index is 12.8. The van der Waals surface area contributed by atoms with E-state index >= 15 is 0 Å². The van der Waals surface area contributed by atoms with E-state index in [1.165, 1.54) is 199 Å². The van der Waals surface area contributed by atoms with Crippen LogP contribution in [0.25, 0.3) is 0 Å². The van der Waals surface area contributed by atoms with Crippen LogP contribution in [0.2, 0.25) is 0 Å². The molecule has 0 fully saturated rings. The monoisotopic (exact) mass is 1370 g/mol. The normalized spacial score (nSPS) is 13.7. The number of esters is 2. The van der Waals surface area contributed by atoms with Gasteiger partial charge in [0.1, 0.15) is 6.61 Å². The van der Waals surface area contributed by atoms with Crippen LogP contribution < -0.4 is 5.73 Å². The number of rotatable bonds is 74. The third kappa shape index (κ3) is 80.5. The second kappa shape index (κ2) is 80.6. The number of allylic oxidation sites excluding steroid dienone is 26. The Hall–Kier alpha value is -4.37. The predicted molar refractivity (Wildman–Crippen MR) is 422 cm³/mol. The summed E-state index contributed by atoms with van der Waals surface area (Å²) in [6.07, 6.45) is 118. The van der Waals surface area contributed by atoms with Gasteiger partial charge in [0.15, 0.2) is 6.10 Å². The molecule has 0 rings (SSSR count). The molecule has 0 spiro atoms. The molecule has 0 heterocycles. The summed E-state index contributed by atoms with van der Waals surface area (Å²) in [6, 6.07) is 0. The van der Waals surface area contributed by atoms with Crippen molar-refractivity contribution in [3.63, 3.8) is 0 Å². The number of nitrogens with two attached hydrogens (primary N) is 1. The Balaban J connectivity index is 3.90. The lowest BCUT2D eigenvalue weighted by Gasteiger charge is -2.19. The lowest BCUT2D eigenvalue weighted by atomic mass is 10.0. The zero-order valence-corrected chi connectivity index (χ0v) is 63.4. The smallest absolute Gasteiger partial charge is 0.462 e. The molecule has 0 radical (unpaired) electrons. The molecule has 0 aliphatic carbocycles. The minimum absolute atomic E-state index is 0.0413. The SMILES string of the molecule is CC/C=C\C/C=C\C/C=C\C/C=C\C/C=C\C/C=C\C/C=C\C/C=C\C/C=C\C/C=C\C/C=C\CCCCCC(=O)OC(COC(=O)CCCCCCCCCCCCCCCCCCCCCCCCCCCCC/C=C\C/C=C\CCCCCCC)COP(=O)(O)OCCN. The van der Waals surface area contributed by atoms with Gasteiger partial charge in [0.25, 0.3) is 0 Å². The van der Waals surface area contributed by atoms with Gasteiger partial charge in [0, 0.05) is 19.4 Å². The van der Waals surface area contributed by atoms with Crippen LogP contribution in [0.3, 0.4) is 0 Å². The maximum Gasteiger partial charge on any atom is 0.472 e. The Morgan fingerprint density at radius 3 is 0.856 bits per heavy atom. The lowest BCUT2D eigenvalue weighted by molar-refractivity contribution is -0.161. The predicted octanol–water partition coefficient (Wildman–Crippen LogP) is 27.1. The molecule has 0 aromatic carbocycles. The molecule has 0 aromatic heterocycles.